The number of nitrogens with one attached hydrogen (secondary N) is 1. The maximum Gasteiger partial charge on any atom is 0.255 e. The number of ether oxygens (including phenoxy) is 2. The monoisotopic (exact) mass is 296 g/mol. The van der Waals surface area contributed by atoms with Crippen LogP contribution in [0.3, 0.4) is 0 Å². The van der Waals surface area contributed by atoms with Gasteiger partial charge in [0.25, 0.3) is 5.91 Å². The zero-order chi connectivity index (χ0) is 13.7. The summed E-state index contributed by atoms with van der Waals surface area (Å²) in [5.41, 5.74) is -0.0782. The minimum atomic E-state index is -0.736. The van der Waals surface area contributed by atoms with Gasteiger partial charge in [-0.15, -0.1) is 0 Å². The number of hydrogen-bond donors (Lipinski definition) is 1. The summed E-state index contributed by atoms with van der Waals surface area (Å²) in [5.74, 6) is 0.587. The van der Waals surface area contributed by atoms with Gasteiger partial charge in [0.05, 0.1) is 32.1 Å². The molecular formula is C12H13ClN4O3. The second kappa shape index (κ2) is 4.28. The Kier molecular flexibility index (Phi) is 2.63. The Balaban J connectivity index is 1.82. The van der Waals surface area contributed by atoms with E-state index in [1.807, 2.05) is 0 Å². The van der Waals surface area contributed by atoms with E-state index in [1.165, 1.54) is 0 Å². The third kappa shape index (κ3) is 1.63. The molecule has 1 unspecified atom stereocenters. The van der Waals surface area contributed by atoms with Crippen molar-refractivity contribution < 1.29 is 14.3 Å². The largest absolute Gasteiger partial charge is 0.378 e. The van der Waals surface area contributed by atoms with E-state index in [2.05, 4.69) is 15.3 Å². The fourth-order valence-electron chi connectivity index (χ4n) is 2.81. The molecule has 0 aliphatic carbocycles. The lowest BCUT2D eigenvalue weighted by atomic mass is 9.92. The first-order chi connectivity index (χ1) is 9.70. The first-order valence-electron chi connectivity index (χ1n) is 6.49. The molecule has 2 saturated heterocycles. The Bertz CT molecular complexity index is 572. The first-order valence-corrected chi connectivity index (χ1v) is 6.87. The van der Waals surface area contributed by atoms with Crippen LogP contribution in [0.2, 0.25) is 5.28 Å². The lowest BCUT2D eigenvalue weighted by molar-refractivity contribution is -0.126. The summed E-state index contributed by atoms with van der Waals surface area (Å²) in [6, 6.07) is 0.0330. The van der Waals surface area contributed by atoms with Crippen LogP contribution in [-0.2, 0) is 14.3 Å². The van der Waals surface area contributed by atoms with Crippen molar-refractivity contribution in [1.82, 2.24) is 9.97 Å². The van der Waals surface area contributed by atoms with Crippen molar-refractivity contribution >= 4 is 29.0 Å². The van der Waals surface area contributed by atoms with Crippen molar-refractivity contribution in [1.29, 1.82) is 0 Å². The molecular weight excluding hydrogens is 284 g/mol. The number of carbonyl (C=O) groups excluding carboxylic acids is 1. The van der Waals surface area contributed by atoms with E-state index in [9.17, 15) is 4.79 Å². The number of nitrogens with zero attached hydrogens (tertiary/aromatic N) is 3. The Labute approximate surface area is 120 Å². The quantitative estimate of drug-likeness (QED) is 0.758. The van der Waals surface area contributed by atoms with Gasteiger partial charge in [0.2, 0.25) is 5.28 Å². The van der Waals surface area contributed by atoms with Crippen LogP contribution in [-0.4, -0.2) is 53.9 Å². The second-order valence-electron chi connectivity index (χ2n) is 5.25. The van der Waals surface area contributed by atoms with Crippen molar-refractivity contribution in [3.8, 4) is 0 Å². The molecule has 0 aromatic carbocycles. The van der Waals surface area contributed by atoms with Gasteiger partial charge in [-0.3, -0.25) is 9.69 Å². The van der Waals surface area contributed by atoms with E-state index in [1.54, 1.807) is 11.1 Å². The highest BCUT2D eigenvalue weighted by atomic mass is 35.5. The molecule has 8 heteroatoms. The number of hydrogen-bond acceptors (Lipinski definition) is 6. The summed E-state index contributed by atoms with van der Waals surface area (Å²) >= 11 is 5.86. The zero-order valence-electron chi connectivity index (χ0n) is 10.6. The number of amides is 1. The second-order valence-corrected chi connectivity index (χ2v) is 5.59. The van der Waals surface area contributed by atoms with Crippen LogP contribution >= 0.6 is 11.6 Å². The van der Waals surface area contributed by atoms with Gasteiger partial charge >= 0.3 is 0 Å². The lowest BCUT2D eigenvalue weighted by Crippen LogP contribution is -2.64. The Hall–Kier alpha value is -1.44. The highest BCUT2D eigenvalue weighted by molar-refractivity contribution is 6.28. The van der Waals surface area contributed by atoms with Gasteiger partial charge in [-0.1, -0.05) is 0 Å². The maximum absolute atomic E-state index is 12.9. The molecule has 1 aromatic heterocycles. The molecule has 4 heterocycles. The van der Waals surface area contributed by atoms with Crippen molar-refractivity contribution in [3.05, 3.63) is 11.5 Å². The van der Waals surface area contributed by atoms with Crippen molar-refractivity contribution in [2.24, 2.45) is 0 Å². The maximum atomic E-state index is 12.9. The summed E-state index contributed by atoms with van der Waals surface area (Å²) in [5, 5.41) is 3.36. The Morgan fingerprint density at radius 2 is 2.30 bits per heavy atom. The molecule has 1 N–H and O–H groups in total. The first kappa shape index (κ1) is 12.3. The molecule has 1 spiro atoms. The molecule has 3 aliphatic heterocycles. The van der Waals surface area contributed by atoms with Crippen molar-refractivity contribution in [3.63, 3.8) is 0 Å². The van der Waals surface area contributed by atoms with E-state index in [0.29, 0.717) is 44.4 Å². The average Bonchev–Trinajstić information content (AvgIpc) is 2.82. The average molecular weight is 297 g/mol. The molecule has 2 fully saturated rings. The van der Waals surface area contributed by atoms with Gasteiger partial charge in [-0.2, -0.15) is 4.98 Å². The van der Waals surface area contributed by atoms with Crippen LogP contribution in [0.25, 0.3) is 0 Å². The number of anilines is 2. The van der Waals surface area contributed by atoms with Crippen LogP contribution in [0, 0.1) is 0 Å². The molecule has 7 nitrogen and oxygen atoms in total. The lowest BCUT2D eigenvalue weighted by Gasteiger charge is -2.45. The van der Waals surface area contributed by atoms with E-state index in [0.717, 1.165) is 0 Å². The summed E-state index contributed by atoms with van der Waals surface area (Å²) < 4.78 is 10.6. The standard InChI is InChI=1S/C12H13ClN4O3/c13-11-14-3-8-9(15-11)16-12(1-2-19-6-12)10(18)17(8)7-4-20-5-7/h3,7H,1-2,4-6H2,(H,14,15,16). The van der Waals surface area contributed by atoms with Gasteiger partial charge in [-0.05, 0) is 11.6 Å². The predicted octanol–water partition coefficient (Wildman–Crippen LogP) is 0.446. The highest BCUT2D eigenvalue weighted by Gasteiger charge is 2.52. The van der Waals surface area contributed by atoms with Gasteiger partial charge in [0, 0.05) is 13.0 Å². The molecule has 4 rings (SSSR count). The van der Waals surface area contributed by atoms with Gasteiger partial charge in [-0.25, -0.2) is 4.98 Å². The van der Waals surface area contributed by atoms with E-state index in [-0.39, 0.29) is 17.2 Å². The van der Waals surface area contributed by atoms with Gasteiger partial charge in [0.15, 0.2) is 5.82 Å². The van der Waals surface area contributed by atoms with Crippen LogP contribution < -0.4 is 10.2 Å². The van der Waals surface area contributed by atoms with E-state index >= 15 is 0 Å². The molecule has 3 aliphatic rings. The Morgan fingerprint density at radius 1 is 1.45 bits per heavy atom. The zero-order valence-corrected chi connectivity index (χ0v) is 11.4. The fraction of sp³-hybridized carbons (Fsp3) is 0.583. The van der Waals surface area contributed by atoms with Crippen LogP contribution in [0.15, 0.2) is 6.20 Å². The van der Waals surface area contributed by atoms with E-state index < -0.39 is 5.54 Å². The molecule has 106 valence electrons. The van der Waals surface area contributed by atoms with Gasteiger partial charge in [0.1, 0.15) is 11.2 Å². The molecule has 0 radical (unpaired) electrons. The number of carbonyl (C=O) groups is 1. The molecule has 0 bridgehead atoms. The minimum Gasteiger partial charge on any atom is -0.378 e. The van der Waals surface area contributed by atoms with Gasteiger partial charge < -0.3 is 14.8 Å². The molecule has 1 aromatic rings. The molecule has 1 atom stereocenters. The fourth-order valence-corrected chi connectivity index (χ4v) is 2.94. The summed E-state index contributed by atoms with van der Waals surface area (Å²) in [6.45, 7) is 1.97. The topological polar surface area (TPSA) is 76.6 Å². The number of rotatable bonds is 1. The highest BCUT2D eigenvalue weighted by Crippen LogP contribution is 2.39. The normalized spacial score (nSPS) is 29.2. The van der Waals surface area contributed by atoms with Crippen LogP contribution in [0.1, 0.15) is 6.42 Å². The predicted molar refractivity (Wildman–Crippen MR) is 70.9 cm³/mol. The SMILES string of the molecule is O=C1N(C2COC2)c2cnc(Cl)nc2NC12CCOC2. The van der Waals surface area contributed by atoms with Crippen LogP contribution in [0.4, 0.5) is 11.5 Å². The number of fused-ring (bicyclic) bond motifs is 1. The summed E-state index contributed by atoms with van der Waals surface area (Å²) in [6.07, 6.45) is 2.20. The molecule has 1 amide bonds. The third-order valence-electron chi connectivity index (χ3n) is 3.99. The van der Waals surface area contributed by atoms with Crippen LogP contribution in [0.5, 0.6) is 0 Å². The molecule has 20 heavy (non-hydrogen) atoms. The third-order valence-corrected chi connectivity index (χ3v) is 4.17. The smallest absolute Gasteiger partial charge is 0.255 e. The number of aromatic nitrogens is 2. The molecule has 0 saturated carbocycles. The van der Waals surface area contributed by atoms with Crippen molar-refractivity contribution in [2.45, 2.75) is 18.0 Å². The minimum absolute atomic E-state index is 0.00159. The summed E-state index contributed by atoms with van der Waals surface area (Å²) in [7, 11) is 0. The van der Waals surface area contributed by atoms with E-state index in [4.69, 9.17) is 21.1 Å². The number of halogens is 1. The Morgan fingerprint density at radius 3 is 2.95 bits per heavy atom. The summed E-state index contributed by atoms with van der Waals surface area (Å²) in [4.78, 5) is 22.8. The van der Waals surface area contributed by atoms with Crippen molar-refractivity contribution in [2.75, 3.05) is 36.6 Å².